The maximum Gasteiger partial charge on any atom is 0.255 e. The fourth-order valence-corrected chi connectivity index (χ4v) is 5.87. The van der Waals surface area contributed by atoms with Crippen LogP contribution in [0.15, 0.2) is 35.6 Å². The van der Waals surface area contributed by atoms with E-state index >= 15 is 0 Å². The number of primary amides is 1. The Balaban J connectivity index is 1.70. The molecule has 0 saturated carbocycles. The van der Waals surface area contributed by atoms with Crippen LogP contribution in [-0.2, 0) is 20.8 Å². The predicted molar refractivity (Wildman–Crippen MR) is 125 cm³/mol. The number of piperazine rings is 1. The molecule has 3 atom stereocenters. The highest BCUT2D eigenvalue weighted by Gasteiger charge is 2.62. The molecular formula is C25H25N3O8. The van der Waals surface area contributed by atoms with Crippen LogP contribution in [-0.4, -0.2) is 91.4 Å². The Morgan fingerprint density at radius 3 is 2.36 bits per heavy atom. The highest BCUT2D eigenvalue weighted by molar-refractivity contribution is 6.25. The summed E-state index contributed by atoms with van der Waals surface area (Å²) < 4.78 is 0. The number of Topliss-reactive ketones (excluding diaryl/α,β-unsaturated/α-hetero) is 2. The molecule has 0 aromatic heterocycles. The van der Waals surface area contributed by atoms with E-state index in [1.54, 1.807) is 28.0 Å². The first-order chi connectivity index (χ1) is 17.0. The fourth-order valence-electron chi connectivity index (χ4n) is 5.87. The van der Waals surface area contributed by atoms with Crippen molar-refractivity contribution in [2.75, 3.05) is 26.2 Å². The quantitative estimate of drug-likeness (QED) is 0.351. The van der Waals surface area contributed by atoms with E-state index in [0.29, 0.717) is 24.0 Å². The summed E-state index contributed by atoms with van der Waals surface area (Å²) in [5, 5.41) is 44.3. The maximum absolute atomic E-state index is 13.8. The second-order valence-corrected chi connectivity index (χ2v) is 9.48. The van der Waals surface area contributed by atoms with E-state index in [1.165, 1.54) is 13.0 Å². The molecule has 1 aliphatic heterocycles. The Kier molecular flexibility index (Phi) is 5.31. The molecule has 2 amide bonds. The largest absolute Gasteiger partial charge is 0.508 e. The second kappa shape index (κ2) is 8.04. The number of aromatic hydroxyl groups is 2. The number of aliphatic hydroxyl groups is 2. The van der Waals surface area contributed by atoms with E-state index in [2.05, 4.69) is 0 Å². The van der Waals surface area contributed by atoms with Crippen LogP contribution in [0.2, 0.25) is 0 Å². The van der Waals surface area contributed by atoms with Crippen LogP contribution in [0.5, 0.6) is 11.5 Å². The fraction of sp³-hybridized carbons (Fsp3) is 0.360. The lowest BCUT2D eigenvalue weighted by atomic mass is 9.61. The lowest BCUT2D eigenvalue weighted by Crippen LogP contribution is -2.67. The normalized spacial score (nSPS) is 26.7. The van der Waals surface area contributed by atoms with Crippen molar-refractivity contribution in [1.82, 2.24) is 9.80 Å². The number of phenols is 2. The number of benzene rings is 2. The number of fused-ring (bicyclic) bond motifs is 3. The van der Waals surface area contributed by atoms with Crippen LogP contribution in [0.25, 0.3) is 10.8 Å². The van der Waals surface area contributed by atoms with Crippen LogP contribution >= 0.6 is 0 Å². The number of hydrogen-bond donors (Lipinski definition) is 5. The number of amides is 2. The highest BCUT2D eigenvalue weighted by Crippen LogP contribution is 2.49. The van der Waals surface area contributed by atoms with E-state index in [9.17, 15) is 39.6 Å². The van der Waals surface area contributed by atoms with Gasteiger partial charge in [-0.05, 0) is 23.4 Å². The summed E-state index contributed by atoms with van der Waals surface area (Å²) in [6.45, 7) is 2.47. The summed E-state index contributed by atoms with van der Waals surface area (Å²) in [5.41, 5.74) is 1.81. The molecule has 188 valence electrons. The van der Waals surface area contributed by atoms with E-state index in [0.717, 1.165) is 0 Å². The number of phenolic OH excluding ortho intramolecular Hbond substituents is 2. The second-order valence-electron chi connectivity index (χ2n) is 9.48. The van der Waals surface area contributed by atoms with Crippen LogP contribution < -0.4 is 5.73 Å². The molecule has 3 aliphatic rings. The molecule has 2 aromatic carbocycles. The molecule has 11 nitrogen and oxygen atoms in total. The van der Waals surface area contributed by atoms with Crippen molar-refractivity contribution in [2.45, 2.75) is 25.0 Å². The number of carbonyl (C=O) groups is 4. The molecule has 1 fully saturated rings. The Hall–Kier alpha value is -3.96. The Morgan fingerprint density at radius 2 is 1.75 bits per heavy atom. The smallest absolute Gasteiger partial charge is 0.255 e. The van der Waals surface area contributed by atoms with Crippen LogP contribution in [0, 0.1) is 5.92 Å². The minimum atomic E-state index is -2.72. The molecule has 11 heteroatoms. The van der Waals surface area contributed by atoms with Crippen molar-refractivity contribution in [3.63, 3.8) is 0 Å². The monoisotopic (exact) mass is 495 g/mol. The Bertz CT molecular complexity index is 1390. The zero-order chi connectivity index (χ0) is 26.1. The van der Waals surface area contributed by atoms with Gasteiger partial charge in [-0.3, -0.25) is 24.1 Å². The average Bonchev–Trinajstić information content (AvgIpc) is 2.81. The minimum absolute atomic E-state index is 0.00552. The van der Waals surface area contributed by atoms with E-state index in [1.807, 2.05) is 0 Å². The standard InChI is InChI=1S/C25H25N3O8/c1-11(29)27-5-7-28(8-6-27)19-14-10-13-9-12-3-2-4-15(30)16(12)20(31)17(13)22(33)25(14,36)23(34)18(21(19)32)24(26)35/h2-4,9,14,19,30-31,34,36H,5-8,10H2,1H3,(H2,26,35). The molecule has 36 heavy (non-hydrogen) atoms. The number of ketones is 2. The number of nitrogens with zero attached hydrogens (tertiary/aromatic N) is 2. The van der Waals surface area contributed by atoms with Gasteiger partial charge in [-0.2, -0.15) is 0 Å². The summed E-state index contributed by atoms with van der Waals surface area (Å²) >= 11 is 0. The van der Waals surface area contributed by atoms with Gasteiger partial charge >= 0.3 is 0 Å². The third kappa shape index (κ3) is 3.12. The summed E-state index contributed by atoms with van der Waals surface area (Å²) in [5.74, 6) is -6.55. The molecule has 5 rings (SSSR count). The Morgan fingerprint density at radius 1 is 1.08 bits per heavy atom. The van der Waals surface area contributed by atoms with Crippen LogP contribution in [0.1, 0.15) is 22.8 Å². The number of rotatable bonds is 2. The van der Waals surface area contributed by atoms with Crippen molar-refractivity contribution >= 4 is 34.2 Å². The molecule has 2 aromatic rings. The molecule has 2 aliphatic carbocycles. The molecule has 1 saturated heterocycles. The molecule has 6 N–H and O–H groups in total. The third-order valence-electron chi connectivity index (χ3n) is 7.64. The van der Waals surface area contributed by atoms with Gasteiger partial charge in [-0.25, -0.2) is 0 Å². The van der Waals surface area contributed by atoms with Crippen LogP contribution in [0.3, 0.4) is 0 Å². The first kappa shape index (κ1) is 23.8. The first-order valence-electron chi connectivity index (χ1n) is 11.5. The zero-order valence-corrected chi connectivity index (χ0v) is 19.4. The number of hydrogen-bond acceptors (Lipinski definition) is 9. The third-order valence-corrected chi connectivity index (χ3v) is 7.64. The maximum atomic E-state index is 13.8. The van der Waals surface area contributed by atoms with Gasteiger partial charge in [0.05, 0.1) is 17.0 Å². The summed E-state index contributed by atoms with van der Waals surface area (Å²) in [6.07, 6.45) is -0.101. The lowest BCUT2D eigenvalue weighted by Gasteiger charge is -2.50. The average molecular weight is 495 g/mol. The number of nitrogens with two attached hydrogens (primary N) is 1. The first-order valence-corrected chi connectivity index (χ1v) is 11.5. The van der Waals surface area contributed by atoms with Gasteiger partial charge in [-0.15, -0.1) is 0 Å². The molecular weight excluding hydrogens is 470 g/mol. The Labute approximate surface area is 205 Å². The lowest BCUT2D eigenvalue weighted by molar-refractivity contribution is -0.137. The van der Waals surface area contributed by atoms with Crippen molar-refractivity contribution in [3.05, 3.63) is 46.7 Å². The zero-order valence-electron chi connectivity index (χ0n) is 19.4. The van der Waals surface area contributed by atoms with E-state index in [4.69, 9.17) is 5.73 Å². The van der Waals surface area contributed by atoms with Gasteiger partial charge in [0.15, 0.2) is 11.4 Å². The van der Waals surface area contributed by atoms with Crippen molar-refractivity contribution in [1.29, 1.82) is 0 Å². The van der Waals surface area contributed by atoms with Gasteiger partial charge in [0.2, 0.25) is 11.7 Å². The number of carbonyl (C=O) groups excluding carboxylic acids is 4. The van der Waals surface area contributed by atoms with Gasteiger partial charge in [0, 0.05) is 39.0 Å². The molecule has 0 radical (unpaired) electrons. The number of aliphatic hydroxyl groups excluding tert-OH is 1. The van der Waals surface area contributed by atoms with Gasteiger partial charge < -0.3 is 31.1 Å². The molecule has 3 unspecified atom stereocenters. The van der Waals surface area contributed by atoms with Crippen LogP contribution in [0.4, 0.5) is 0 Å². The van der Waals surface area contributed by atoms with Gasteiger partial charge in [0.1, 0.15) is 22.8 Å². The molecule has 0 bridgehead atoms. The van der Waals surface area contributed by atoms with Crippen molar-refractivity contribution in [3.8, 4) is 11.5 Å². The summed E-state index contributed by atoms with van der Waals surface area (Å²) in [4.78, 5) is 54.5. The topological polar surface area (TPSA) is 182 Å². The predicted octanol–water partition coefficient (Wildman–Crippen LogP) is -0.250. The molecule has 0 spiro atoms. The minimum Gasteiger partial charge on any atom is -0.508 e. The summed E-state index contributed by atoms with van der Waals surface area (Å²) in [7, 11) is 0. The van der Waals surface area contributed by atoms with E-state index in [-0.39, 0.29) is 42.1 Å². The van der Waals surface area contributed by atoms with Gasteiger partial charge in [0.25, 0.3) is 5.91 Å². The molecule has 1 heterocycles. The van der Waals surface area contributed by atoms with Crippen molar-refractivity contribution in [2.24, 2.45) is 11.7 Å². The van der Waals surface area contributed by atoms with Gasteiger partial charge in [-0.1, -0.05) is 18.2 Å². The highest BCUT2D eigenvalue weighted by atomic mass is 16.3. The van der Waals surface area contributed by atoms with Crippen molar-refractivity contribution < 1.29 is 39.6 Å². The van der Waals surface area contributed by atoms with E-state index < -0.39 is 52.1 Å². The summed E-state index contributed by atoms with van der Waals surface area (Å²) in [6, 6.07) is 4.92. The SMILES string of the molecule is CC(=O)N1CCN(C2C(=O)C(C(N)=O)=C(O)C3(O)C(=O)c4c(cc5cccc(O)c5c4O)CC23)CC1.